The number of carbonyl (C=O) groups excluding carboxylic acids is 1. The molecule has 118 valence electrons. The monoisotopic (exact) mass is 344 g/mol. The third-order valence-electron chi connectivity index (χ3n) is 3.44. The molecule has 1 heterocycles. The van der Waals surface area contributed by atoms with Crippen molar-refractivity contribution in [1.82, 2.24) is 5.32 Å². The first-order valence-corrected chi connectivity index (χ1v) is 8.67. The molecule has 3 nitrogen and oxygen atoms in total. The molecule has 0 atom stereocenters. The Kier molecular flexibility index (Phi) is 4.74. The SMILES string of the molecule is CC(C)CNC(=O)c1ccc2c(c1)N=C(Cl)c1ccccc1S2. The van der Waals surface area contributed by atoms with Gasteiger partial charge in [0, 0.05) is 27.5 Å². The molecule has 3 rings (SSSR count). The number of nitrogens with zero attached hydrogens (tertiary/aromatic N) is 1. The number of halogens is 1. The van der Waals surface area contributed by atoms with Crippen LogP contribution in [0.25, 0.3) is 0 Å². The minimum absolute atomic E-state index is 0.0837. The Labute approximate surface area is 145 Å². The molecule has 0 aromatic heterocycles. The Morgan fingerprint density at radius 2 is 2.00 bits per heavy atom. The van der Waals surface area contributed by atoms with Crippen LogP contribution in [0, 0.1) is 5.92 Å². The fraction of sp³-hybridized carbons (Fsp3) is 0.222. The number of carbonyl (C=O) groups is 1. The summed E-state index contributed by atoms with van der Waals surface area (Å²) in [4.78, 5) is 18.8. The average molecular weight is 345 g/mol. The lowest BCUT2D eigenvalue weighted by Gasteiger charge is -2.09. The zero-order valence-corrected chi connectivity index (χ0v) is 14.5. The highest BCUT2D eigenvalue weighted by Crippen LogP contribution is 2.41. The maximum absolute atomic E-state index is 12.2. The maximum atomic E-state index is 12.2. The normalized spacial score (nSPS) is 13.0. The molecule has 0 unspecified atom stereocenters. The van der Waals surface area contributed by atoms with Gasteiger partial charge in [0.1, 0.15) is 5.17 Å². The van der Waals surface area contributed by atoms with Crippen LogP contribution in [0.15, 0.2) is 57.2 Å². The first-order chi connectivity index (χ1) is 11.0. The van der Waals surface area contributed by atoms with Crippen molar-refractivity contribution >= 4 is 40.1 Å². The Hall–Kier alpha value is -1.78. The van der Waals surface area contributed by atoms with Crippen molar-refractivity contribution in [3.05, 3.63) is 53.6 Å². The second-order valence-corrected chi connectivity index (χ2v) is 7.23. The van der Waals surface area contributed by atoms with Crippen molar-refractivity contribution in [3.63, 3.8) is 0 Å². The quantitative estimate of drug-likeness (QED) is 0.864. The second-order valence-electron chi connectivity index (χ2n) is 5.79. The predicted molar refractivity (Wildman–Crippen MR) is 96.2 cm³/mol. The predicted octanol–water partition coefficient (Wildman–Crippen LogP) is 4.85. The lowest BCUT2D eigenvalue weighted by atomic mass is 10.1. The summed E-state index contributed by atoms with van der Waals surface area (Å²) in [6.07, 6.45) is 0. The lowest BCUT2D eigenvalue weighted by Crippen LogP contribution is -2.27. The van der Waals surface area contributed by atoms with Crippen LogP contribution in [0.4, 0.5) is 5.69 Å². The number of hydrogen-bond donors (Lipinski definition) is 1. The number of benzene rings is 2. The Morgan fingerprint density at radius 3 is 2.78 bits per heavy atom. The van der Waals surface area contributed by atoms with Gasteiger partial charge < -0.3 is 5.32 Å². The second kappa shape index (κ2) is 6.77. The molecule has 1 N–H and O–H groups in total. The molecule has 0 fully saturated rings. The van der Waals surface area contributed by atoms with Crippen LogP contribution in [0.2, 0.25) is 0 Å². The molecule has 0 bridgehead atoms. The van der Waals surface area contributed by atoms with E-state index in [0.717, 1.165) is 21.0 Å². The van der Waals surface area contributed by atoms with Crippen LogP contribution < -0.4 is 5.32 Å². The summed E-state index contributed by atoms with van der Waals surface area (Å²) >= 11 is 7.97. The molecule has 1 aliphatic heterocycles. The number of amides is 1. The van der Waals surface area contributed by atoms with Crippen LogP contribution in [0.1, 0.15) is 29.8 Å². The van der Waals surface area contributed by atoms with Gasteiger partial charge in [-0.1, -0.05) is 55.4 Å². The van der Waals surface area contributed by atoms with Crippen LogP contribution in [-0.2, 0) is 0 Å². The molecule has 0 spiro atoms. The number of fused-ring (bicyclic) bond motifs is 2. The molecular weight excluding hydrogens is 328 g/mol. The Balaban J connectivity index is 1.94. The van der Waals surface area contributed by atoms with E-state index in [-0.39, 0.29) is 5.91 Å². The van der Waals surface area contributed by atoms with Gasteiger partial charge in [0.05, 0.1) is 5.69 Å². The van der Waals surface area contributed by atoms with Gasteiger partial charge in [0.25, 0.3) is 5.91 Å². The highest BCUT2D eigenvalue weighted by molar-refractivity contribution is 7.99. The van der Waals surface area contributed by atoms with Crippen molar-refractivity contribution in [2.24, 2.45) is 10.9 Å². The topological polar surface area (TPSA) is 41.5 Å². The minimum Gasteiger partial charge on any atom is -0.352 e. The molecule has 23 heavy (non-hydrogen) atoms. The summed E-state index contributed by atoms with van der Waals surface area (Å²) in [5, 5.41) is 3.37. The van der Waals surface area contributed by atoms with Crippen molar-refractivity contribution < 1.29 is 4.79 Å². The van der Waals surface area contributed by atoms with Crippen molar-refractivity contribution in [3.8, 4) is 0 Å². The van der Waals surface area contributed by atoms with Crippen LogP contribution >= 0.6 is 23.4 Å². The number of rotatable bonds is 3. The van der Waals surface area contributed by atoms with E-state index in [1.165, 1.54) is 0 Å². The zero-order valence-electron chi connectivity index (χ0n) is 13.0. The van der Waals surface area contributed by atoms with Crippen molar-refractivity contribution in [2.75, 3.05) is 6.54 Å². The fourth-order valence-corrected chi connectivity index (χ4v) is 3.56. The van der Waals surface area contributed by atoms with E-state index in [0.29, 0.717) is 23.2 Å². The summed E-state index contributed by atoms with van der Waals surface area (Å²) in [7, 11) is 0. The van der Waals surface area contributed by atoms with Gasteiger partial charge in [-0.15, -0.1) is 0 Å². The zero-order chi connectivity index (χ0) is 16.4. The summed E-state index contributed by atoms with van der Waals surface area (Å²) in [5.74, 6) is 0.330. The molecule has 0 saturated heterocycles. The third kappa shape index (κ3) is 3.59. The molecule has 0 aliphatic carbocycles. The van der Waals surface area contributed by atoms with Gasteiger partial charge in [-0.3, -0.25) is 4.79 Å². The van der Waals surface area contributed by atoms with Gasteiger partial charge >= 0.3 is 0 Å². The van der Waals surface area contributed by atoms with E-state index in [4.69, 9.17) is 11.6 Å². The molecule has 5 heteroatoms. The van der Waals surface area contributed by atoms with Crippen LogP contribution in [0.3, 0.4) is 0 Å². The van der Waals surface area contributed by atoms with Gasteiger partial charge in [-0.05, 0) is 30.2 Å². The smallest absolute Gasteiger partial charge is 0.251 e. The van der Waals surface area contributed by atoms with Gasteiger partial charge in [0.15, 0.2) is 0 Å². The average Bonchev–Trinajstić information content (AvgIpc) is 2.68. The molecule has 1 amide bonds. The van der Waals surface area contributed by atoms with Gasteiger partial charge in [-0.2, -0.15) is 0 Å². The largest absolute Gasteiger partial charge is 0.352 e. The molecule has 2 aromatic carbocycles. The fourth-order valence-electron chi connectivity index (χ4n) is 2.24. The first kappa shape index (κ1) is 16.1. The van der Waals surface area contributed by atoms with E-state index in [1.54, 1.807) is 17.8 Å². The summed E-state index contributed by atoms with van der Waals surface area (Å²) in [6.45, 7) is 4.78. The highest BCUT2D eigenvalue weighted by atomic mass is 35.5. The van der Waals surface area contributed by atoms with Crippen LogP contribution in [-0.4, -0.2) is 17.6 Å². The number of hydrogen-bond acceptors (Lipinski definition) is 3. The Morgan fingerprint density at radius 1 is 1.22 bits per heavy atom. The molecule has 2 aromatic rings. The standard InChI is InChI=1S/C18H17ClN2OS/c1-11(2)10-20-18(22)12-7-8-16-14(9-12)21-17(19)13-5-3-4-6-15(13)23-16/h3-9,11H,10H2,1-2H3,(H,20,22). The van der Waals surface area contributed by atoms with E-state index >= 15 is 0 Å². The Bertz CT molecular complexity index is 786. The van der Waals surface area contributed by atoms with Crippen molar-refractivity contribution in [1.29, 1.82) is 0 Å². The molecule has 0 radical (unpaired) electrons. The number of aliphatic imine (C=N–C) groups is 1. The molecule has 0 saturated carbocycles. The lowest BCUT2D eigenvalue weighted by molar-refractivity contribution is 0.0949. The van der Waals surface area contributed by atoms with E-state index in [2.05, 4.69) is 24.2 Å². The summed E-state index contributed by atoms with van der Waals surface area (Å²) in [5.41, 5.74) is 2.25. The highest BCUT2D eigenvalue weighted by Gasteiger charge is 2.17. The van der Waals surface area contributed by atoms with E-state index < -0.39 is 0 Å². The van der Waals surface area contributed by atoms with E-state index in [9.17, 15) is 4.79 Å². The molecule has 1 aliphatic rings. The van der Waals surface area contributed by atoms with E-state index in [1.807, 2.05) is 36.4 Å². The van der Waals surface area contributed by atoms with Crippen LogP contribution in [0.5, 0.6) is 0 Å². The van der Waals surface area contributed by atoms with Gasteiger partial charge in [-0.25, -0.2) is 4.99 Å². The first-order valence-electron chi connectivity index (χ1n) is 7.48. The maximum Gasteiger partial charge on any atom is 0.251 e. The third-order valence-corrected chi connectivity index (χ3v) is 4.87. The molecular formula is C18H17ClN2OS. The minimum atomic E-state index is -0.0837. The summed E-state index contributed by atoms with van der Waals surface area (Å²) < 4.78 is 0. The summed E-state index contributed by atoms with van der Waals surface area (Å²) in [6, 6.07) is 13.5. The van der Waals surface area contributed by atoms with Gasteiger partial charge in [0.2, 0.25) is 0 Å². The number of nitrogens with one attached hydrogen (secondary N) is 1. The van der Waals surface area contributed by atoms with Crippen molar-refractivity contribution in [2.45, 2.75) is 23.6 Å².